The van der Waals surface area contributed by atoms with E-state index in [1.165, 1.54) is 0 Å². The number of carbonyl (C=O) groups excluding carboxylic acids is 1. The van der Waals surface area contributed by atoms with Crippen molar-refractivity contribution in [3.05, 3.63) is 95.6 Å². The Kier molecular flexibility index (Phi) is 7.46. The third-order valence-corrected chi connectivity index (χ3v) is 4.89. The van der Waals surface area contributed by atoms with Crippen molar-refractivity contribution in [2.24, 2.45) is 0 Å². The highest BCUT2D eigenvalue weighted by Gasteiger charge is 2.17. The van der Waals surface area contributed by atoms with Crippen LogP contribution in [0.4, 0.5) is 0 Å². The molecule has 1 amide bonds. The molecular weight excluding hydrogens is 376 g/mol. The van der Waals surface area contributed by atoms with Gasteiger partial charge in [0.1, 0.15) is 0 Å². The third-order valence-electron chi connectivity index (χ3n) is 4.89. The number of hydrogen-bond donors (Lipinski definition) is 1. The minimum Gasteiger partial charge on any atom is -0.493 e. The molecule has 0 saturated heterocycles. The van der Waals surface area contributed by atoms with Crippen molar-refractivity contribution in [1.29, 1.82) is 0 Å². The number of methoxy groups -OCH3 is 2. The molecule has 0 spiro atoms. The van der Waals surface area contributed by atoms with Crippen molar-refractivity contribution in [3.63, 3.8) is 0 Å². The summed E-state index contributed by atoms with van der Waals surface area (Å²) in [5, 5.41) is 3.18. The fourth-order valence-electron chi connectivity index (χ4n) is 3.45. The fourth-order valence-corrected chi connectivity index (χ4v) is 3.45. The number of nitrogens with one attached hydrogen (secondary N) is 1. The van der Waals surface area contributed by atoms with E-state index < -0.39 is 0 Å². The van der Waals surface area contributed by atoms with Crippen LogP contribution < -0.4 is 14.8 Å². The van der Waals surface area contributed by atoms with Crippen LogP contribution in [-0.4, -0.2) is 38.6 Å². The molecule has 0 aliphatic carbocycles. The van der Waals surface area contributed by atoms with Crippen LogP contribution in [0, 0.1) is 0 Å². The van der Waals surface area contributed by atoms with Crippen LogP contribution in [0.2, 0.25) is 0 Å². The third kappa shape index (κ3) is 5.61. The van der Waals surface area contributed by atoms with Crippen LogP contribution in [0.15, 0.2) is 78.9 Å². The molecule has 0 fully saturated rings. The second-order valence-corrected chi connectivity index (χ2v) is 7.18. The molecule has 3 aromatic carbocycles. The van der Waals surface area contributed by atoms with Crippen LogP contribution in [0.3, 0.4) is 0 Å². The molecule has 5 heteroatoms. The van der Waals surface area contributed by atoms with Crippen LogP contribution >= 0.6 is 0 Å². The Morgan fingerprint density at radius 2 is 1.43 bits per heavy atom. The van der Waals surface area contributed by atoms with E-state index in [2.05, 4.69) is 5.32 Å². The Bertz CT molecular complexity index is 906. The summed E-state index contributed by atoms with van der Waals surface area (Å²) in [5.41, 5.74) is 3.16. The quantitative estimate of drug-likeness (QED) is 0.585. The van der Waals surface area contributed by atoms with Crippen molar-refractivity contribution >= 4 is 5.91 Å². The molecule has 3 aromatic rings. The highest BCUT2D eigenvalue weighted by Crippen LogP contribution is 2.28. The Morgan fingerprint density at radius 3 is 1.97 bits per heavy atom. The van der Waals surface area contributed by atoms with Crippen molar-refractivity contribution in [2.75, 3.05) is 27.8 Å². The van der Waals surface area contributed by atoms with Crippen molar-refractivity contribution in [1.82, 2.24) is 10.2 Å². The maximum Gasteiger partial charge on any atom is 0.234 e. The lowest BCUT2D eigenvalue weighted by atomic mass is 9.99. The Morgan fingerprint density at radius 1 is 0.867 bits per heavy atom. The number of benzene rings is 3. The second kappa shape index (κ2) is 10.5. The first-order valence-corrected chi connectivity index (χ1v) is 9.89. The van der Waals surface area contributed by atoms with Gasteiger partial charge in [0.25, 0.3) is 0 Å². The topological polar surface area (TPSA) is 50.8 Å². The highest BCUT2D eigenvalue weighted by atomic mass is 16.5. The standard InChI is InChI=1S/C25H28N2O3/c1-27(17-19-14-15-22(29-2)23(16-19)30-3)18-24(28)26-25(20-10-6-4-7-11-20)21-12-8-5-9-13-21/h4-16,25H,17-18H2,1-3H3,(H,26,28). The molecule has 0 atom stereocenters. The van der Waals surface area contributed by atoms with E-state index in [4.69, 9.17) is 9.47 Å². The molecule has 0 aliphatic heterocycles. The number of rotatable bonds is 9. The Labute approximate surface area is 178 Å². The van der Waals surface area contributed by atoms with E-state index >= 15 is 0 Å². The largest absolute Gasteiger partial charge is 0.493 e. The monoisotopic (exact) mass is 404 g/mol. The summed E-state index contributed by atoms with van der Waals surface area (Å²) in [4.78, 5) is 14.8. The van der Waals surface area contributed by atoms with Gasteiger partial charge >= 0.3 is 0 Å². The molecule has 0 radical (unpaired) electrons. The number of likely N-dealkylation sites (N-methyl/N-ethyl adjacent to an activating group) is 1. The van der Waals surface area contributed by atoms with E-state index in [1.807, 2.05) is 90.8 Å². The smallest absolute Gasteiger partial charge is 0.234 e. The predicted octanol–water partition coefficient (Wildman–Crippen LogP) is 4.04. The van der Waals surface area contributed by atoms with Gasteiger partial charge in [-0.3, -0.25) is 9.69 Å². The minimum atomic E-state index is -0.186. The van der Waals surface area contributed by atoms with Gasteiger partial charge in [-0.2, -0.15) is 0 Å². The molecule has 0 bridgehead atoms. The molecule has 1 N–H and O–H groups in total. The van der Waals surface area contributed by atoms with Crippen molar-refractivity contribution < 1.29 is 14.3 Å². The number of amides is 1. The zero-order valence-corrected chi connectivity index (χ0v) is 17.7. The first-order chi connectivity index (χ1) is 14.6. The lowest BCUT2D eigenvalue weighted by molar-refractivity contribution is -0.122. The predicted molar refractivity (Wildman–Crippen MR) is 119 cm³/mol. The summed E-state index contributed by atoms with van der Waals surface area (Å²) in [7, 11) is 5.16. The van der Waals surface area contributed by atoms with Crippen LogP contribution in [0.5, 0.6) is 11.5 Å². The van der Waals surface area contributed by atoms with Crippen LogP contribution in [0.1, 0.15) is 22.7 Å². The summed E-state index contributed by atoms with van der Waals surface area (Å²) >= 11 is 0. The maximum absolute atomic E-state index is 12.8. The van der Waals surface area contributed by atoms with Crippen LogP contribution in [-0.2, 0) is 11.3 Å². The average molecular weight is 405 g/mol. The summed E-state index contributed by atoms with van der Waals surface area (Å²) in [5.74, 6) is 1.34. The molecule has 3 rings (SSSR count). The van der Waals surface area contributed by atoms with Gasteiger partial charge in [0.05, 0.1) is 26.8 Å². The Balaban J connectivity index is 1.67. The zero-order chi connectivity index (χ0) is 21.3. The normalized spacial score (nSPS) is 10.8. The number of nitrogens with zero attached hydrogens (tertiary/aromatic N) is 1. The molecule has 0 aliphatic rings. The van der Waals surface area contributed by atoms with Gasteiger partial charge in [-0.15, -0.1) is 0 Å². The number of ether oxygens (including phenoxy) is 2. The van der Waals surface area contributed by atoms with Gasteiger partial charge in [0.15, 0.2) is 11.5 Å². The van der Waals surface area contributed by atoms with E-state index in [1.54, 1.807) is 14.2 Å². The van der Waals surface area contributed by atoms with Crippen LogP contribution in [0.25, 0.3) is 0 Å². The van der Waals surface area contributed by atoms with Gasteiger partial charge in [-0.1, -0.05) is 66.7 Å². The maximum atomic E-state index is 12.8. The molecule has 0 saturated carbocycles. The molecule has 0 aromatic heterocycles. The van der Waals surface area contributed by atoms with Crippen molar-refractivity contribution in [3.8, 4) is 11.5 Å². The second-order valence-electron chi connectivity index (χ2n) is 7.18. The molecular formula is C25H28N2O3. The summed E-state index contributed by atoms with van der Waals surface area (Å²) in [6.45, 7) is 0.902. The average Bonchev–Trinajstić information content (AvgIpc) is 2.78. The first-order valence-electron chi connectivity index (χ1n) is 9.89. The van der Waals surface area contributed by atoms with Gasteiger partial charge in [0, 0.05) is 6.54 Å². The van der Waals surface area contributed by atoms with Gasteiger partial charge in [-0.25, -0.2) is 0 Å². The SMILES string of the molecule is COc1ccc(CN(C)CC(=O)NC(c2ccccc2)c2ccccc2)cc1OC. The first kappa shape index (κ1) is 21.4. The van der Waals surface area contributed by atoms with Gasteiger partial charge in [0.2, 0.25) is 5.91 Å². The Hall–Kier alpha value is -3.31. The number of carbonyl (C=O) groups is 1. The lowest BCUT2D eigenvalue weighted by Gasteiger charge is -2.22. The van der Waals surface area contributed by atoms with Gasteiger partial charge in [-0.05, 0) is 35.9 Å². The van der Waals surface area contributed by atoms with E-state index in [-0.39, 0.29) is 18.5 Å². The molecule has 0 unspecified atom stereocenters. The summed E-state index contributed by atoms with van der Waals surface area (Å²) in [6.07, 6.45) is 0. The zero-order valence-electron chi connectivity index (χ0n) is 17.7. The molecule has 156 valence electrons. The van der Waals surface area contributed by atoms with E-state index in [0.29, 0.717) is 18.0 Å². The molecule has 0 heterocycles. The number of hydrogen-bond acceptors (Lipinski definition) is 4. The van der Waals surface area contributed by atoms with Crippen molar-refractivity contribution in [2.45, 2.75) is 12.6 Å². The molecule has 30 heavy (non-hydrogen) atoms. The minimum absolute atomic E-state index is 0.0318. The van der Waals surface area contributed by atoms with E-state index in [9.17, 15) is 4.79 Å². The lowest BCUT2D eigenvalue weighted by Crippen LogP contribution is -2.37. The fraction of sp³-hybridized carbons (Fsp3) is 0.240. The summed E-state index contributed by atoms with van der Waals surface area (Å²) in [6, 6.07) is 25.6. The van der Waals surface area contributed by atoms with Gasteiger partial charge < -0.3 is 14.8 Å². The van der Waals surface area contributed by atoms with E-state index in [0.717, 1.165) is 16.7 Å². The highest BCUT2D eigenvalue weighted by molar-refractivity contribution is 5.79. The summed E-state index contributed by atoms with van der Waals surface area (Å²) < 4.78 is 10.7. The molecule has 5 nitrogen and oxygen atoms in total.